The number of nitrogens with one attached hydrogen (secondary N) is 2. The number of carbonyl (C=O) groups is 2. The summed E-state index contributed by atoms with van der Waals surface area (Å²) in [6.07, 6.45) is -4.55. The number of aromatic amines is 1. The monoisotopic (exact) mass is 393 g/mol. The van der Waals surface area contributed by atoms with E-state index in [1.54, 1.807) is 13.0 Å². The number of carbonyl (C=O) groups excluding carboxylic acids is 2. The highest BCUT2D eigenvalue weighted by Gasteiger charge is 2.36. The lowest BCUT2D eigenvalue weighted by molar-refractivity contribution is -0.139. The van der Waals surface area contributed by atoms with Crippen LogP contribution in [0.3, 0.4) is 0 Å². The lowest BCUT2D eigenvalue weighted by Crippen LogP contribution is -2.39. The van der Waals surface area contributed by atoms with E-state index in [0.29, 0.717) is 5.69 Å². The summed E-state index contributed by atoms with van der Waals surface area (Å²) in [6.45, 7) is 1.54. The van der Waals surface area contributed by atoms with Crippen LogP contribution in [0.1, 0.15) is 33.6 Å². The quantitative estimate of drug-likeness (QED) is 0.836. The van der Waals surface area contributed by atoms with Crippen LogP contribution in [0.4, 0.5) is 13.2 Å². The third-order valence-electron chi connectivity index (χ3n) is 4.53. The lowest BCUT2D eigenvalue weighted by atomic mass is 10.1. The van der Waals surface area contributed by atoms with Crippen molar-refractivity contribution >= 4 is 11.8 Å². The second kappa shape index (κ2) is 7.49. The average molecular weight is 393 g/mol. The van der Waals surface area contributed by atoms with Crippen molar-refractivity contribution in [2.75, 3.05) is 6.54 Å². The van der Waals surface area contributed by atoms with Gasteiger partial charge in [0.25, 0.3) is 11.5 Å². The smallest absolute Gasteiger partial charge is 0.347 e. The molecule has 1 aromatic heterocycles. The fourth-order valence-electron chi connectivity index (χ4n) is 3.18. The number of nitrogens with zero attached hydrogens (tertiary/aromatic N) is 1. The van der Waals surface area contributed by atoms with E-state index in [1.807, 2.05) is 0 Å². The Morgan fingerprint density at radius 2 is 1.93 bits per heavy atom. The van der Waals surface area contributed by atoms with E-state index in [9.17, 15) is 27.6 Å². The lowest BCUT2D eigenvalue weighted by Gasteiger charge is -2.20. The van der Waals surface area contributed by atoms with Crippen LogP contribution in [-0.2, 0) is 17.5 Å². The Bertz CT molecular complexity index is 969. The van der Waals surface area contributed by atoms with Crippen molar-refractivity contribution in [2.24, 2.45) is 0 Å². The van der Waals surface area contributed by atoms with Crippen molar-refractivity contribution < 1.29 is 22.8 Å². The van der Waals surface area contributed by atoms with Crippen molar-refractivity contribution in [1.29, 1.82) is 0 Å². The molecule has 1 aliphatic rings. The molecule has 2 heterocycles. The van der Waals surface area contributed by atoms with E-state index >= 15 is 0 Å². The molecular formula is C19H18F3N3O3. The van der Waals surface area contributed by atoms with Gasteiger partial charge in [0, 0.05) is 25.2 Å². The Hall–Kier alpha value is -3.10. The van der Waals surface area contributed by atoms with Gasteiger partial charge in [0.05, 0.1) is 11.6 Å². The van der Waals surface area contributed by atoms with Gasteiger partial charge in [-0.15, -0.1) is 0 Å². The highest BCUT2D eigenvalue weighted by molar-refractivity contribution is 5.94. The molecule has 2 N–H and O–H groups in total. The summed E-state index contributed by atoms with van der Waals surface area (Å²) in [5.41, 5.74) is -0.824. The predicted octanol–water partition coefficient (Wildman–Crippen LogP) is 2.23. The maximum Gasteiger partial charge on any atom is 0.416 e. The molecule has 1 saturated heterocycles. The average Bonchev–Trinajstić information content (AvgIpc) is 2.93. The summed E-state index contributed by atoms with van der Waals surface area (Å²) in [6, 6.07) is 7.45. The van der Waals surface area contributed by atoms with Crippen molar-refractivity contribution in [3.8, 4) is 0 Å². The molecule has 148 valence electrons. The zero-order chi connectivity index (χ0) is 20.5. The minimum absolute atomic E-state index is 0.00898. The molecule has 0 radical (unpaired) electrons. The third kappa shape index (κ3) is 4.24. The van der Waals surface area contributed by atoms with E-state index in [2.05, 4.69) is 10.3 Å². The summed E-state index contributed by atoms with van der Waals surface area (Å²) in [7, 11) is 0. The number of aryl methyl sites for hydroxylation is 1. The number of aromatic nitrogens is 1. The van der Waals surface area contributed by atoms with E-state index < -0.39 is 29.2 Å². The van der Waals surface area contributed by atoms with Crippen molar-refractivity contribution in [3.63, 3.8) is 0 Å². The molecule has 1 unspecified atom stereocenters. The number of rotatable bonds is 4. The number of amides is 2. The standard InChI is InChI=1S/C19H18F3N3O3/c1-11-6-7-14(17(27)23-11)18(28)24-13-8-16(26)25(10-13)9-12-4-2-3-5-15(12)19(20,21)22/h2-7,13H,8-10H2,1H3,(H,23,27)(H,24,28). The van der Waals surface area contributed by atoms with Crippen LogP contribution >= 0.6 is 0 Å². The van der Waals surface area contributed by atoms with Gasteiger partial charge >= 0.3 is 6.18 Å². The first-order valence-corrected chi connectivity index (χ1v) is 8.59. The number of alkyl halides is 3. The Labute approximate surface area is 158 Å². The fraction of sp³-hybridized carbons (Fsp3) is 0.316. The first kappa shape index (κ1) is 19.7. The summed E-state index contributed by atoms with van der Waals surface area (Å²) in [5, 5.41) is 2.60. The van der Waals surface area contributed by atoms with Crippen LogP contribution in [0.2, 0.25) is 0 Å². The molecule has 0 aliphatic carbocycles. The molecule has 2 amide bonds. The van der Waals surface area contributed by atoms with E-state index in [-0.39, 0.29) is 36.5 Å². The first-order chi connectivity index (χ1) is 13.1. The van der Waals surface area contributed by atoms with Gasteiger partial charge in [-0.05, 0) is 30.7 Å². The van der Waals surface area contributed by atoms with E-state index in [1.165, 1.54) is 29.2 Å². The molecule has 0 spiro atoms. The molecule has 1 aliphatic heterocycles. The number of pyridine rings is 1. The minimum atomic E-state index is -4.51. The summed E-state index contributed by atoms with van der Waals surface area (Å²) in [5.74, 6) is -0.989. The number of H-pyrrole nitrogens is 1. The van der Waals surface area contributed by atoms with Gasteiger partial charge in [-0.2, -0.15) is 13.2 Å². The number of benzene rings is 1. The van der Waals surface area contributed by atoms with Gasteiger partial charge in [-0.3, -0.25) is 14.4 Å². The van der Waals surface area contributed by atoms with Gasteiger partial charge < -0.3 is 15.2 Å². The Kier molecular flexibility index (Phi) is 5.26. The van der Waals surface area contributed by atoms with Gasteiger partial charge in [0.15, 0.2) is 0 Å². The van der Waals surface area contributed by atoms with Crippen LogP contribution in [0.15, 0.2) is 41.2 Å². The van der Waals surface area contributed by atoms with Gasteiger partial charge in [0.2, 0.25) is 5.91 Å². The summed E-state index contributed by atoms with van der Waals surface area (Å²) >= 11 is 0. The van der Waals surface area contributed by atoms with Crippen molar-refractivity contribution in [1.82, 2.24) is 15.2 Å². The Balaban J connectivity index is 1.69. The van der Waals surface area contributed by atoms with Crippen LogP contribution in [0, 0.1) is 6.92 Å². The van der Waals surface area contributed by atoms with Crippen LogP contribution in [0.5, 0.6) is 0 Å². The molecule has 1 aromatic carbocycles. The molecule has 1 atom stereocenters. The SMILES string of the molecule is Cc1ccc(C(=O)NC2CC(=O)N(Cc3ccccc3C(F)(F)F)C2)c(=O)[nH]1. The first-order valence-electron chi connectivity index (χ1n) is 8.59. The Morgan fingerprint density at radius 3 is 2.61 bits per heavy atom. The number of hydrogen-bond donors (Lipinski definition) is 2. The fourth-order valence-corrected chi connectivity index (χ4v) is 3.18. The highest BCUT2D eigenvalue weighted by atomic mass is 19.4. The van der Waals surface area contributed by atoms with Crippen molar-refractivity contribution in [3.05, 3.63) is 69.1 Å². The molecule has 2 aromatic rings. The van der Waals surface area contributed by atoms with Crippen molar-refractivity contribution in [2.45, 2.75) is 32.1 Å². The molecule has 1 fully saturated rings. The second-order valence-electron chi connectivity index (χ2n) is 6.69. The van der Waals surface area contributed by atoms with Crippen LogP contribution in [0.25, 0.3) is 0 Å². The molecule has 28 heavy (non-hydrogen) atoms. The van der Waals surface area contributed by atoms with E-state index in [4.69, 9.17) is 0 Å². The maximum absolute atomic E-state index is 13.1. The number of halogens is 3. The number of hydrogen-bond acceptors (Lipinski definition) is 3. The topological polar surface area (TPSA) is 82.3 Å². The molecular weight excluding hydrogens is 375 g/mol. The molecule has 0 bridgehead atoms. The van der Waals surface area contributed by atoms with E-state index in [0.717, 1.165) is 6.07 Å². The largest absolute Gasteiger partial charge is 0.416 e. The molecule has 3 rings (SSSR count). The zero-order valence-corrected chi connectivity index (χ0v) is 15.0. The normalized spacial score (nSPS) is 17.1. The highest BCUT2D eigenvalue weighted by Crippen LogP contribution is 2.32. The summed E-state index contributed by atoms with van der Waals surface area (Å²) in [4.78, 5) is 40.1. The third-order valence-corrected chi connectivity index (χ3v) is 4.53. The predicted molar refractivity (Wildman–Crippen MR) is 94.5 cm³/mol. The summed E-state index contributed by atoms with van der Waals surface area (Å²) < 4.78 is 39.4. The van der Waals surface area contributed by atoms with Crippen LogP contribution in [-0.4, -0.2) is 34.3 Å². The van der Waals surface area contributed by atoms with Gasteiger partial charge in [-0.25, -0.2) is 0 Å². The second-order valence-corrected chi connectivity index (χ2v) is 6.69. The molecule has 6 nitrogen and oxygen atoms in total. The zero-order valence-electron chi connectivity index (χ0n) is 15.0. The van der Waals surface area contributed by atoms with Gasteiger partial charge in [-0.1, -0.05) is 18.2 Å². The Morgan fingerprint density at radius 1 is 1.21 bits per heavy atom. The maximum atomic E-state index is 13.1. The minimum Gasteiger partial charge on any atom is -0.347 e. The molecule has 9 heteroatoms. The van der Waals surface area contributed by atoms with Gasteiger partial charge in [0.1, 0.15) is 5.56 Å². The molecule has 0 saturated carbocycles. The number of likely N-dealkylation sites (tertiary alicyclic amines) is 1. The van der Waals surface area contributed by atoms with Crippen LogP contribution < -0.4 is 10.9 Å².